The molecular weight excluding hydrogens is 422 g/mol. The molecule has 3 rings (SSSR count). The monoisotopic (exact) mass is 453 g/mol. The van der Waals surface area contributed by atoms with Crippen LogP contribution in [0.1, 0.15) is 39.5 Å². The van der Waals surface area contributed by atoms with Gasteiger partial charge in [-0.25, -0.2) is 14.8 Å². The molecule has 1 aliphatic rings. The highest BCUT2D eigenvalue weighted by atomic mass is 16.5. The number of hydrogen-bond acceptors (Lipinski definition) is 8. The normalized spacial score (nSPS) is 19.0. The minimum Gasteiger partial charge on any atom is -0.462 e. The van der Waals surface area contributed by atoms with Gasteiger partial charge >= 0.3 is 5.97 Å². The van der Waals surface area contributed by atoms with Crippen molar-refractivity contribution in [2.75, 3.05) is 31.6 Å². The lowest BCUT2D eigenvalue weighted by molar-refractivity contribution is -0.138. The molecule has 10 nitrogen and oxygen atoms in total. The number of nitrogens with one attached hydrogen (secondary N) is 1. The first kappa shape index (κ1) is 24.0. The van der Waals surface area contributed by atoms with Gasteiger partial charge < -0.3 is 25.3 Å². The first-order valence-corrected chi connectivity index (χ1v) is 11.2. The average molecular weight is 454 g/mol. The fourth-order valence-electron chi connectivity index (χ4n) is 4.07. The minimum absolute atomic E-state index is 0.0374. The number of hydrogen-bond donors (Lipinski definition) is 2. The van der Waals surface area contributed by atoms with Gasteiger partial charge in [-0.15, -0.1) is 0 Å². The topological polar surface area (TPSA) is 141 Å². The average Bonchev–Trinajstić information content (AvgIpc) is 3.28. The molecule has 2 aromatic heterocycles. The first-order chi connectivity index (χ1) is 15.9. The van der Waals surface area contributed by atoms with Gasteiger partial charge in [0.15, 0.2) is 5.57 Å². The van der Waals surface area contributed by atoms with Gasteiger partial charge in [-0.3, -0.25) is 4.79 Å². The number of rotatable bonds is 8. The van der Waals surface area contributed by atoms with E-state index in [1.54, 1.807) is 11.0 Å². The highest BCUT2D eigenvalue weighted by Gasteiger charge is 2.33. The van der Waals surface area contributed by atoms with Crippen molar-refractivity contribution in [3.8, 4) is 6.07 Å². The summed E-state index contributed by atoms with van der Waals surface area (Å²) >= 11 is 0. The molecular formula is C23H31N7O3. The number of nitrogens with two attached hydrogens (primary N) is 1. The number of H-pyrrole nitrogens is 1. The third-order valence-corrected chi connectivity index (χ3v) is 6.15. The number of aromatic amines is 1. The third kappa shape index (κ3) is 5.42. The van der Waals surface area contributed by atoms with Crippen molar-refractivity contribution < 1.29 is 14.3 Å². The number of nitrogens with zero attached hydrogens (tertiary/aromatic N) is 5. The van der Waals surface area contributed by atoms with Crippen molar-refractivity contribution >= 4 is 28.7 Å². The number of nitriles is 1. The lowest BCUT2D eigenvalue weighted by Crippen LogP contribution is -2.53. The van der Waals surface area contributed by atoms with Gasteiger partial charge in [0.25, 0.3) is 0 Å². The number of unbranched alkanes of at least 4 members (excludes halogenated alkanes) is 1. The Morgan fingerprint density at radius 2 is 2.21 bits per heavy atom. The smallest absolute Gasteiger partial charge is 0.350 e. The van der Waals surface area contributed by atoms with E-state index in [9.17, 15) is 14.9 Å². The fraction of sp³-hybridized carbons (Fsp3) is 0.522. The summed E-state index contributed by atoms with van der Waals surface area (Å²) in [5.74, 6) is 0.134. The first-order valence-electron chi connectivity index (χ1n) is 11.2. The second-order valence-electron chi connectivity index (χ2n) is 8.40. The molecule has 0 aromatic carbocycles. The van der Waals surface area contributed by atoms with Gasteiger partial charge in [-0.05, 0) is 24.8 Å². The van der Waals surface area contributed by atoms with Crippen LogP contribution in [0.4, 0.5) is 5.82 Å². The van der Waals surface area contributed by atoms with Crippen LogP contribution >= 0.6 is 0 Å². The molecule has 10 heteroatoms. The quantitative estimate of drug-likeness (QED) is 0.268. The van der Waals surface area contributed by atoms with Crippen LogP contribution in [0.3, 0.4) is 0 Å². The van der Waals surface area contributed by atoms with Crippen molar-refractivity contribution in [3.63, 3.8) is 0 Å². The molecule has 2 atom stereocenters. The second-order valence-corrected chi connectivity index (χ2v) is 8.40. The van der Waals surface area contributed by atoms with Crippen LogP contribution in [0.15, 0.2) is 29.9 Å². The molecule has 0 aliphatic carbocycles. The van der Waals surface area contributed by atoms with E-state index in [0.717, 1.165) is 29.7 Å². The minimum atomic E-state index is -0.777. The Labute approximate surface area is 193 Å². The summed E-state index contributed by atoms with van der Waals surface area (Å²) in [5.41, 5.74) is 6.39. The maximum absolute atomic E-state index is 13.0. The van der Waals surface area contributed by atoms with Crippen molar-refractivity contribution in [2.45, 2.75) is 45.6 Å². The summed E-state index contributed by atoms with van der Waals surface area (Å²) in [7, 11) is 1.97. The molecule has 0 bridgehead atoms. The van der Waals surface area contributed by atoms with Crippen LogP contribution in [-0.4, -0.2) is 64.5 Å². The van der Waals surface area contributed by atoms with Crippen LogP contribution in [0, 0.1) is 17.2 Å². The van der Waals surface area contributed by atoms with Gasteiger partial charge in [0.05, 0.1) is 24.5 Å². The molecule has 1 amide bonds. The Balaban J connectivity index is 1.71. The largest absolute Gasteiger partial charge is 0.462 e. The van der Waals surface area contributed by atoms with Gasteiger partial charge in [0, 0.05) is 32.0 Å². The Morgan fingerprint density at radius 1 is 1.42 bits per heavy atom. The number of carbonyl (C=O) groups is 2. The Kier molecular flexibility index (Phi) is 7.87. The number of amides is 1. The molecule has 0 saturated carbocycles. The Bertz CT molecular complexity index is 1070. The van der Waals surface area contributed by atoms with Crippen LogP contribution in [0.2, 0.25) is 0 Å². The van der Waals surface area contributed by atoms with Crippen molar-refractivity contribution in [1.29, 1.82) is 5.26 Å². The van der Waals surface area contributed by atoms with E-state index in [-0.39, 0.29) is 36.2 Å². The number of esters is 1. The van der Waals surface area contributed by atoms with Crippen LogP contribution in [-0.2, 0) is 14.3 Å². The Hall–Kier alpha value is -3.61. The number of fused-ring (bicyclic) bond motifs is 1. The van der Waals surface area contributed by atoms with Crippen LogP contribution < -0.4 is 10.6 Å². The summed E-state index contributed by atoms with van der Waals surface area (Å²) in [6, 6.07) is 3.76. The molecule has 33 heavy (non-hydrogen) atoms. The second kappa shape index (κ2) is 10.8. The number of likely N-dealkylation sites (tertiary alicyclic amines) is 1. The summed E-state index contributed by atoms with van der Waals surface area (Å²) in [5, 5.41) is 10.3. The molecule has 0 spiro atoms. The van der Waals surface area contributed by atoms with Crippen molar-refractivity contribution in [3.05, 3.63) is 29.9 Å². The molecule has 0 unspecified atom stereocenters. The fourth-order valence-corrected chi connectivity index (χ4v) is 4.07. The standard InChI is InChI=1S/C23H31N7O3/c1-4-5-10-33-23(32)17(12-24)18(25)11-20(31)30-9-7-15(2)19(13-30)29(3)22-16-6-8-26-21(16)27-14-28-22/h6,8,14-15,19H,4-5,7,9-11,13,25H2,1-3H3,(H,26,27,28)/t15-,19+/m1/s1. The highest BCUT2D eigenvalue weighted by Crippen LogP contribution is 2.29. The number of anilines is 1. The lowest BCUT2D eigenvalue weighted by Gasteiger charge is -2.42. The molecule has 2 aromatic rings. The van der Waals surface area contributed by atoms with Gasteiger partial charge in [-0.2, -0.15) is 5.26 Å². The number of ether oxygens (including phenoxy) is 1. The third-order valence-electron chi connectivity index (χ3n) is 6.15. The Morgan fingerprint density at radius 3 is 2.94 bits per heavy atom. The summed E-state index contributed by atoms with van der Waals surface area (Å²) in [6.07, 6.45) is 5.52. The predicted octanol–water partition coefficient (Wildman–Crippen LogP) is 2.10. The number of likely N-dealkylation sites (N-methyl/N-ethyl adjacent to an activating group) is 1. The molecule has 0 radical (unpaired) electrons. The predicted molar refractivity (Wildman–Crippen MR) is 124 cm³/mol. The molecule has 1 aliphatic heterocycles. The van der Waals surface area contributed by atoms with E-state index in [0.29, 0.717) is 25.4 Å². The van der Waals surface area contributed by atoms with E-state index in [1.165, 1.54) is 6.33 Å². The van der Waals surface area contributed by atoms with E-state index < -0.39 is 5.97 Å². The van der Waals surface area contributed by atoms with E-state index >= 15 is 0 Å². The van der Waals surface area contributed by atoms with E-state index in [1.807, 2.05) is 26.2 Å². The molecule has 3 heterocycles. The van der Waals surface area contributed by atoms with Gasteiger partial charge in [0.1, 0.15) is 23.9 Å². The maximum Gasteiger partial charge on any atom is 0.350 e. The molecule has 1 saturated heterocycles. The summed E-state index contributed by atoms with van der Waals surface area (Å²) in [6.45, 7) is 5.42. The van der Waals surface area contributed by atoms with E-state index in [4.69, 9.17) is 10.5 Å². The highest BCUT2D eigenvalue weighted by molar-refractivity contribution is 5.95. The summed E-state index contributed by atoms with van der Waals surface area (Å²) < 4.78 is 5.08. The van der Waals surface area contributed by atoms with Gasteiger partial charge in [0.2, 0.25) is 5.91 Å². The van der Waals surface area contributed by atoms with Crippen LogP contribution in [0.25, 0.3) is 11.0 Å². The number of aromatic nitrogens is 3. The van der Waals surface area contributed by atoms with Crippen molar-refractivity contribution in [1.82, 2.24) is 19.9 Å². The van der Waals surface area contributed by atoms with Crippen molar-refractivity contribution in [2.24, 2.45) is 11.7 Å². The molecule has 176 valence electrons. The number of carbonyl (C=O) groups excluding carboxylic acids is 2. The molecule has 1 fully saturated rings. The molecule has 3 N–H and O–H groups in total. The number of piperidine rings is 1. The van der Waals surface area contributed by atoms with Crippen LogP contribution in [0.5, 0.6) is 0 Å². The van der Waals surface area contributed by atoms with Gasteiger partial charge in [-0.1, -0.05) is 20.3 Å². The zero-order valence-electron chi connectivity index (χ0n) is 19.4. The lowest BCUT2D eigenvalue weighted by atomic mass is 9.92. The maximum atomic E-state index is 13.0. The zero-order valence-corrected chi connectivity index (χ0v) is 19.4. The summed E-state index contributed by atoms with van der Waals surface area (Å²) in [4.78, 5) is 40.8. The van der Waals surface area contributed by atoms with E-state index in [2.05, 4.69) is 26.8 Å². The SMILES string of the molecule is CCCCOC(=O)C(C#N)=C(N)CC(=O)N1CC[C@@H](C)[C@@H](N(C)c2ncnc3[nH]ccc23)C1. The zero-order chi connectivity index (χ0) is 24.0.